The molecule has 1 rings (SSSR count). The summed E-state index contributed by atoms with van der Waals surface area (Å²) in [6.07, 6.45) is 2.36. The molecule has 1 N–H and O–H groups in total. The molecule has 0 spiro atoms. The van der Waals surface area contributed by atoms with E-state index >= 15 is 0 Å². The van der Waals surface area contributed by atoms with E-state index in [9.17, 15) is 0 Å². The third kappa shape index (κ3) is 2.80. The van der Waals surface area contributed by atoms with Crippen LogP contribution in [0.2, 0.25) is 0 Å². The van der Waals surface area contributed by atoms with E-state index in [1.807, 2.05) is 0 Å². The summed E-state index contributed by atoms with van der Waals surface area (Å²) >= 11 is 0. The fraction of sp³-hybridized carbons (Fsp3) is 1.00. The van der Waals surface area contributed by atoms with Gasteiger partial charge in [0.15, 0.2) is 0 Å². The molecule has 0 aromatic heterocycles. The quantitative estimate of drug-likeness (QED) is 0.581. The van der Waals surface area contributed by atoms with Crippen LogP contribution in [0.5, 0.6) is 0 Å². The summed E-state index contributed by atoms with van der Waals surface area (Å²) in [6.45, 7) is 9.74. The minimum absolute atomic E-state index is 0.00771. The Labute approximate surface area is 69.3 Å². The van der Waals surface area contributed by atoms with Gasteiger partial charge in [0.2, 0.25) is 0 Å². The largest absolute Gasteiger partial charge is 0.296 e. The minimum atomic E-state index is 0.00771. The molecular weight excluding hydrogens is 138 g/mol. The Morgan fingerprint density at radius 3 is 2.36 bits per heavy atom. The fourth-order valence-electron chi connectivity index (χ4n) is 1.21. The van der Waals surface area contributed by atoms with E-state index in [1.165, 1.54) is 6.42 Å². The average molecular weight is 157 g/mol. The second-order valence-electron chi connectivity index (χ2n) is 4.85. The Balaban J connectivity index is 2.53. The van der Waals surface area contributed by atoms with E-state index in [4.69, 9.17) is 4.84 Å². The minimum Gasteiger partial charge on any atom is -0.296 e. The van der Waals surface area contributed by atoms with Crippen molar-refractivity contribution in [2.45, 2.75) is 46.1 Å². The Kier molecular flexibility index (Phi) is 2.26. The van der Waals surface area contributed by atoms with Crippen LogP contribution in [0.4, 0.5) is 0 Å². The zero-order valence-electron chi connectivity index (χ0n) is 8.03. The van der Waals surface area contributed by atoms with Crippen LogP contribution >= 0.6 is 0 Å². The molecule has 1 fully saturated rings. The van der Waals surface area contributed by atoms with Crippen molar-refractivity contribution in [3.8, 4) is 0 Å². The molecule has 2 nitrogen and oxygen atoms in total. The van der Waals surface area contributed by atoms with E-state index in [2.05, 4.69) is 33.2 Å². The smallest absolute Gasteiger partial charge is 0.0841 e. The highest BCUT2D eigenvalue weighted by Gasteiger charge is 2.29. The lowest BCUT2D eigenvalue weighted by molar-refractivity contribution is -0.0790. The van der Waals surface area contributed by atoms with Gasteiger partial charge in [-0.2, -0.15) is 0 Å². The van der Waals surface area contributed by atoms with Crippen molar-refractivity contribution in [1.82, 2.24) is 5.48 Å². The van der Waals surface area contributed by atoms with Gasteiger partial charge in [-0.1, -0.05) is 13.8 Å². The Morgan fingerprint density at radius 2 is 1.73 bits per heavy atom. The SMILES string of the molecule is CC1(C)CCC(C)(C)ONC1. The Bertz CT molecular complexity index is 124. The molecule has 0 aliphatic carbocycles. The highest BCUT2D eigenvalue weighted by molar-refractivity contribution is 4.79. The molecule has 0 saturated carbocycles. The first-order chi connectivity index (χ1) is 4.91. The van der Waals surface area contributed by atoms with Crippen LogP contribution in [0.3, 0.4) is 0 Å². The number of rotatable bonds is 0. The van der Waals surface area contributed by atoms with Gasteiger partial charge in [0.1, 0.15) is 0 Å². The van der Waals surface area contributed by atoms with Crippen LogP contribution in [-0.2, 0) is 4.84 Å². The van der Waals surface area contributed by atoms with Crippen molar-refractivity contribution in [3.63, 3.8) is 0 Å². The molecule has 0 amide bonds. The van der Waals surface area contributed by atoms with Gasteiger partial charge in [-0.15, -0.1) is 0 Å². The molecule has 66 valence electrons. The van der Waals surface area contributed by atoms with Gasteiger partial charge in [-0.3, -0.25) is 4.84 Å². The topological polar surface area (TPSA) is 21.3 Å². The zero-order valence-corrected chi connectivity index (χ0v) is 8.03. The predicted octanol–water partition coefficient (Wildman–Crippen LogP) is 2.11. The van der Waals surface area contributed by atoms with Crippen molar-refractivity contribution in [3.05, 3.63) is 0 Å². The van der Waals surface area contributed by atoms with Gasteiger partial charge in [0.05, 0.1) is 5.60 Å². The van der Waals surface area contributed by atoms with Crippen molar-refractivity contribution >= 4 is 0 Å². The summed E-state index contributed by atoms with van der Waals surface area (Å²) in [5.74, 6) is 0. The van der Waals surface area contributed by atoms with E-state index < -0.39 is 0 Å². The van der Waals surface area contributed by atoms with Crippen LogP contribution in [0, 0.1) is 5.41 Å². The van der Waals surface area contributed by atoms with Gasteiger partial charge in [0, 0.05) is 6.54 Å². The maximum absolute atomic E-state index is 5.48. The molecule has 0 atom stereocenters. The van der Waals surface area contributed by atoms with E-state index in [0.29, 0.717) is 5.41 Å². The third-order valence-electron chi connectivity index (χ3n) is 2.30. The van der Waals surface area contributed by atoms with Crippen LogP contribution in [0.1, 0.15) is 40.5 Å². The summed E-state index contributed by atoms with van der Waals surface area (Å²) in [4.78, 5) is 5.48. The molecule has 2 heteroatoms. The normalized spacial score (nSPS) is 29.5. The summed E-state index contributed by atoms with van der Waals surface area (Å²) in [5.41, 5.74) is 3.42. The van der Waals surface area contributed by atoms with Gasteiger partial charge >= 0.3 is 0 Å². The molecule has 1 aliphatic rings. The molecule has 0 unspecified atom stereocenters. The van der Waals surface area contributed by atoms with Crippen molar-refractivity contribution in [2.24, 2.45) is 5.41 Å². The number of hydrogen-bond donors (Lipinski definition) is 1. The zero-order chi connectivity index (χ0) is 8.54. The molecule has 0 radical (unpaired) electrons. The highest BCUT2D eigenvalue weighted by Crippen LogP contribution is 2.29. The molecule has 0 aromatic rings. The van der Waals surface area contributed by atoms with Gasteiger partial charge < -0.3 is 0 Å². The van der Waals surface area contributed by atoms with Crippen LogP contribution in [0.25, 0.3) is 0 Å². The number of hydroxylamine groups is 1. The van der Waals surface area contributed by atoms with E-state index in [-0.39, 0.29) is 5.60 Å². The standard InChI is InChI=1S/C9H19NO/c1-8(2)5-6-9(3,4)11-10-7-8/h10H,5-7H2,1-4H3. The van der Waals surface area contributed by atoms with Gasteiger partial charge in [-0.25, -0.2) is 5.48 Å². The monoisotopic (exact) mass is 157 g/mol. The van der Waals surface area contributed by atoms with Crippen LogP contribution < -0.4 is 5.48 Å². The van der Waals surface area contributed by atoms with E-state index in [1.54, 1.807) is 0 Å². The first kappa shape index (κ1) is 9.01. The van der Waals surface area contributed by atoms with Gasteiger partial charge in [-0.05, 0) is 32.1 Å². The molecule has 0 bridgehead atoms. The lowest BCUT2D eigenvalue weighted by Crippen LogP contribution is -2.31. The van der Waals surface area contributed by atoms with Crippen molar-refractivity contribution in [1.29, 1.82) is 0 Å². The highest BCUT2D eigenvalue weighted by atomic mass is 16.7. The maximum atomic E-state index is 5.48. The summed E-state index contributed by atoms with van der Waals surface area (Å²) in [7, 11) is 0. The van der Waals surface area contributed by atoms with E-state index in [0.717, 1.165) is 13.0 Å². The van der Waals surface area contributed by atoms with Crippen LogP contribution in [0.15, 0.2) is 0 Å². The maximum Gasteiger partial charge on any atom is 0.0841 e. The van der Waals surface area contributed by atoms with Crippen molar-refractivity contribution in [2.75, 3.05) is 6.54 Å². The first-order valence-electron chi connectivity index (χ1n) is 4.32. The van der Waals surface area contributed by atoms with Gasteiger partial charge in [0.25, 0.3) is 0 Å². The Morgan fingerprint density at radius 1 is 1.09 bits per heavy atom. The summed E-state index contributed by atoms with van der Waals surface area (Å²) in [6, 6.07) is 0. The van der Waals surface area contributed by atoms with Crippen molar-refractivity contribution < 1.29 is 4.84 Å². The fourth-order valence-corrected chi connectivity index (χ4v) is 1.21. The molecule has 1 heterocycles. The average Bonchev–Trinajstić information content (AvgIpc) is 1.92. The summed E-state index contributed by atoms with van der Waals surface area (Å²) in [5, 5.41) is 0. The molecule has 0 aromatic carbocycles. The van der Waals surface area contributed by atoms with Crippen LogP contribution in [-0.4, -0.2) is 12.1 Å². The first-order valence-corrected chi connectivity index (χ1v) is 4.32. The molecule has 1 aliphatic heterocycles. The Hall–Kier alpha value is -0.0800. The number of hydrogen-bond acceptors (Lipinski definition) is 2. The lowest BCUT2D eigenvalue weighted by atomic mass is 9.85. The lowest BCUT2D eigenvalue weighted by Gasteiger charge is -2.22. The predicted molar refractivity (Wildman–Crippen MR) is 46.2 cm³/mol. The second kappa shape index (κ2) is 2.76. The second-order valence-corrected chi connectivity index (χ2v) is 4.85. The summed E-state index contributed by atoms with van der Waals surface area (Å²) < 4.78 is 0. The molecular formula is C9H19NO. The number of nitrogens with one attached hydrogen (secondary N) is 1. The third-order valence-corrected chi connectivity index (χ3v) is 2.30. The molecule has 1 saturated heterocycles. The molecule has 11 heavy (non-hydrogen) atoms.